The minimum atomic E-state index is -0.305. The van der Waals surface area contributed by atoms with Gasteiger partial charge >= 0.3 is 0 Å². The molecule has 4 nitrogen and oxygen atoms in total. The lowest BCUT2D eigenvalue weighted by atomic mass is 10.00. The molecule has 2 rings (SSSR count). The van der Waals surface area contributed by atoms with Crippen molar-refractivity contribution in [3.8, 4) is 0 Å². The molecule has 0 aromatic carbocycles. The van der Waals surface area contributed by atoms with E-state index in [1.165, 1.54) is 12.2 Å². The molecule has 0 radical (unpaired) electrons. The van der Waals surface area contributed by atoms with Gasteiger partial charge in [0, 0.05) is 6.54 Å². The van der Waals surface area contributed by atoms with Crippen LogP contribution < -0.4 is 5.32 Å². The second kappa shape index (κ2) is 5.95. The largest absolute Gasteiger partial charge is 0.343 e. The molecule has 2 saturated heterocycles. The Hall–Kier alpha value is -0.710. The number of carbonyl (C=O) groups excluding carboxylic acids is 2. The molecule has 5 heteroatoms. The van der Waals surface area contributed by atoms with Crippen LogP contribution >= 0.6 is 11.8 Å². The maximum absolute atomic E-state index is 12.3. The van der Waals surface area contributed by atoms with E-state index in [1.54, 1.807) is 4.90 Å². The van der Waals surface area contributed by atoms with Gasteiger partial charge in [-0.05, 0) is 36.2 Å². The Morgan fingerprint density at radius 2 is 2.22 bits per heavy atom. The summed E-state index contributed by atoms with van der Waals surface area (Å²) in [4.78, 5) is 25.7. The molecule has 2 aliphatic rings. The van der Waals surface area contributed by atoms with Gasteiger partial charge in [0.2, 0.25) is 11.8 Å². The van der Waals surface area contributed by atoms with Crippen molar-refractivity contribution in [3.05, 3.63) is 0 Å². The highest BCUT2D eigenvalue weighted by atomic mass is 32.2. The van der Waals surface area contributed by atoms with E-state index in [2.05, 4.69) is 19.2 Å². The van der Waals surface area contributed by atoms with E-state index in [-0.39, 0.29) is 24.4 Å². The van der Waals surface area contributed by atoms with Gasteiger partial charge in [-0.15, -0.1) is 0 Å². The van der Waals surface area contributed by atoms with Gasteiger partial charge in [0.05, 0.1) is 6.54 Å². The highest BCUT2D eigenvalue weighted by Crippen LogP contribution is 2.25. The summed E-state index contributed by atoms with van der Waals surface area (Å²) in [6.45, 7) is 5.15. The molecule has 2 atom stereocenters. The second-order valence-corrected chi connectivity index (χ2v) is 6.85. The minimum Gasteiger partial charge on any atom is -0.343 e. The van der Waals surface area contributed by atoms with Crippen molar-refractivity contribution in [1.29, 1.82) is 0 Å². The smallest absolute Gasteiger partial charge is 0.245 e. The monoisotopic (exact) mass is 270 g/mol. The van der Waals surface area contributed by atoms with E-state index in [1.807, 2.05) is 11.8 Å². The number of rotatable bonds is 4. The Kier molecular flexibility index (Phi) is 4.54. The third kappa shape index (κ3) is 3.40. The zero-order valence-electron chi connectivity index (χ0n) is 11.1. The van der Waals surface area contributed by atoms with Crippen molar-refractivity contribution in [3.63, 3.8) is 0 Å². The van der Waals surface area contributed by atoms with Crippen LogP contribution in [-0.4, -0.2) is 47.4 Å². The zero-order valence-corrected chi connectivity index (χ0v) is 12.0. The first kappa shape index (κ1) is 13.7. The van der Waals surface area contributed by atoms with Gasteiger partial charge < -0.3 is 10.2 Å². The summed E-state index contributed by atoms with van der Waals surface area (Å²) >= 11 is 1.95. The molecular formula is C13H22N2O2S. The minimum absolute atomic E-state index is 0.00843. The highest BCUT2D eigenvalue weighted by Gasteiger charge is 2.34. The molecule has 2 amide bonds. The topological polar surface area (TPSA) is 49.4 Å². The predicted octanol–water partition coefficient (Wildman–Crippen LogP) is 1.11. The van der Waals surface area contributed by atoms with Crippen LogP contribution in [0.2, 0.25) is 0 Å². The van der Waals surface area contributed by atoms with E-state index in [4.69, 9.17) is 0 Å². The number of thioether (sulfide) groups is 1. The molecule has 2 heterocycles. The molecule has 2 fully saturated rings. The summed E-state index contributed by atoms with van der Waals surface area (Å²) < 4.78 is 0. The average molecular weight is 270 g/mol. The number of hydrogen-bond acceptors (Lipinski definition) is 3. The van der Waals surface area contributed by atoms with Gasteiger partial charge in [0.1, 0.15) is 6.04 Å². The fraction of sp³-hybridized carbons (Fsp3) is 0.846. The Morgan fingerprint density at radius 3 is 2.83 bits per heavy atom. The summed E-state index contributed by atoms with van der Waals surface area (Å²) in [5.74, 6) is 3.41. The average Bonchev–Trinajstić information content (AvgIpc) is 2.77. The fourth-order valence-electron chi connectivity index (χ4n) is 2.60. The quantitative estimate of drug-likeness (QED) is 0.832. The van der Waals surface area contributed by atoms with Crippen LogP contribution in [0.15, 0.2) is 0 Å². The van der Waals surface area contributed by atoms with Crippen molar-refractivity contribution in [2.24, 2.45) is 11.8 Å². The van der Waals surface area contributed by atoms with Crippen molar-refractivity contribution < 1.29 is 9.59 Å². The molecule has 0 saturated carbocycles. The van der Waals surface area contributed by atoms with E-state index in [0.29, 0.717) is 11.8 Å². The molecule has 0 spiro atoms. The molecule has 18 heavy (non-hydrogen) atoms. The third-order valence-corrected chi connectivity index (χ3v) is 4.72. The maximum atomic E-state index is 12.3. The number of piperazine rings is 1. The number of hydrogen-bond donors (Lipinski definition) is 1. The molecule has 0 aromatic rings. The van der Waals surface area contributed by atoms with Gasteiger partial charge in [-0.25, -0.2) is 0 Å². The van der Waals surface area contributed by atoms with Crippen LogP contribution in [0.3, 0.4) is 0 Å². The Bertz CT molecular complexity index is 327. The standard InChI is InChI=1S/C13H22N2O2S/c1-9(2)5-11-13(17)15(7-12(16)14-11)6-10-3-4-18-8-10/h9-11H,3-8H2,1-2H3,(H,14,16). The summed E-state index contributed by atoms with van der Waals surface area (Å²) in [6, 6.07) is -0.305. The van der Waals surface area contributed by atoms with E-state index >= 15 is 0 Å². The summed E-state index contributed by atoms with van der Waals surface area (Å²) in [7, 11) is 0. The van der Waals surface area contributed by atoms with Crippen LogP contribution in [0.5, 0.6) is 0 Å². The maximum Gasteiger partial charge on any atom is 0.245 e. The van der Waals surface area contributed by atoms with Crippen LogP contribution in [0.25, 0.3) is 0 Å². The lowest BCUT2D eigenvalue weighted by molar-refractivity contribution is -0.145. The lowest BCUT2D eigenvalue weighted by Crippen LogP contribution is -2.59. The van der Waals surface area contributed by atoms with Gasteiger partial charge in [-0.1, -0.05) is 13.8 Å². The molecule has 2 unspecified atom stereocenters. The van der Waals surface area contributed by atoms with Gasteiger partial charge in [0.15, 0.2) is 0 Å². The summed E-state index contributed by atoms with van der Waals surface area (Å²) in [6.07, 6.45) is 1.91. The molecule has 0 aliphatic carbocycles. The Labute approximate surface area is 113 Å². The second-order valence-electron chi connectivity index (χ2n) is 5.70. The predicted molar refractivity (Wildman–Crippen MR) is 73.4 cm³/mol. The molecule has 0 aromatic heterocycles. The van der Waals surface area contributed by atoms with E-state index in [0.717, 1.165) is 18.7 Å². The summed E-state index contributed by atoms with van der Waals surface area (Å²) in [5, 5.41) is 2.82. The molecular weight excluding hydrogens is 248 g/mol. The van der Waals surface area contributed by atoms with Gasteiger partial charge in [-0.2, -0.15) is 11.8 Å². The SMILES string of the molecule is CC(C)CC1NC(=O)CN(CC2CCSC2)C1=O. The molecule has 102 valence electrons. The normalized spacial score (nSPS) is 28.9. The van der Waals surface area contributed by atoms with Crippen molar-refractivity contribution >= 4 is 23.6 Å². The first-order valence-corrected chi connectivity index (χ1v) is 7.87. The van der Waals surface area contributed by atoms with E-state index < -0.39 is 0 Å². The van der Waals surface area contributed by atoms with Crippen molar-refractivity contribution in [1.82, 2.24) is 10.2 Å². The first-order valence-electron chi connectivity index (χ1n) is 6.72. The molecule has 2 aliphatic heterocycles. The van der Waals surface area contributed by atoms with Crippen LogP contribution in [0, 0.1) is 11.8 Å². The van der Waals surface area contributed by atoms with Gasteiger partial charge in [-0.3, -0.25) is 9.59 Å². The third-order valence-electron chi connectivity index (χ3n) is 3.49. The first-order chi connectivity index (χ1) is 8.56. The Balaban J connectivity index is 1.95. The van der Waals surface area contributed by atoms with E-state index in [9.17, 15) is 9.59 Å². The molecule has 1 N–H and O–H groups in total. The fourth-order valence-corrected chi connectivity index (χ4v) is 3.87. The van der Waals surface area contributed by atoms with Crippen LogP contribution in [0.1, 0.15) is 26.7 Å². The molecule has 0 bridgehead atoms. The number of amides is 2. The number of nitrogens with zero attached hydrogens (tertiary/aromatic N) is 1. The number of nitrogens with one attached hydrogen (secondary N) is 1. The van der Waals surface area contributed by atoms with Crippen LogP contribution in [0.4, 0.5) is 0 Å². The Morgan fingerprint density at radius 1 is 1.44 bits per heavy atom. The highest BCUT2D eigenvalue weighted by molar-refractivity contribution is 7.99. The number of carbonyl (C=O) groups is 2. The zero-order chi connectivity index (χ0) is 13.1. The lowest BCUT2D eigenvalue weighted by Gasteiger charge is -2.34. The summed E-state index contributed by atoms with van der Waals surface area (Å²) in [5.41, 5.74) is 0. The van der Waals surface area contributed by atoms with Crippen molar-refractivity contribution in [2.45, 2.75) is 32.7 Å². The van der Waals surface area contributed by atoms with Gasteiger partial charge in [0.25, 0.3) is 0 Å². The van der Waals surface area contributed by atoms with Crippen LogP contribution in [-0.2, 0) is 9.59 Å². The van der Waals surface area contributed by atoms with Crippen molar-refractivity contribution in [2.75, 3.05) is 24.6 Å².